The van der Waals surface area contributed by atoms with E-state index >= 15 is 0 Å². The molecule has 0 aliphatic heterocycles. The Hall–Kier alpha value is -0.930. The molecule has 100 valence electrons. The molecule has 2 nitrogen and oxygen atoms in total. The van der Waals surface area contributed by atoms with Gasteiger partial charge in [-0.25, -0.2) is 4.39 Å². The summed E-state index contributed by atoms with van der Waals surface area (Å²) >= 11 is 5.81. The molecule has 18 heavy (non-hydrogen) atoms. The quantitative estimate of drug-likeness (QED) is 0.862. The molecule has 2 N–H and O–H groups in total. The van der Waals surface area contributed by atoms with E-state index in [2.05, 4.69) is 0 Å². The van der Waals surface area contributed by atoms with Gasteiger partial charge in [0.1, 0.15) is 11.6 Å². The molecule has 0 atom stereocenters. The zero-order valence-corrected chi connectivity index (χ0v) is 11.6. The predicted octanol–water partition coefficient (Wildman–Crippen LogP) is 3.36. The van der Waals surface area contributed by atoms with Gasteiger partial charge in [-0.15, -0.1) is 0 Å². The highest BCUT2D eigenvalue weighted by molar-refractivity contribution is 6.30. The molecule has 4 heteroatoms. The number of rotatable bonds is 6. The summed E-state index contributed by atoms with van der Waals surface area (Å²) in [5.41, 5.74) is 5.50. The van der Waals surface area contributed by atoms with E-state index in [-0.39, 0.29) is 12.2 Å². The highest BCUT2D eigenvalue weighted by Crippen LogP contribution is 2.28. The Morgan fingerprint density at radius 2 is 2.00 bits per heavy atom. The van der Waals surface area contributed by atoms with Crippen molar-refractivity contribution < 1.29 is 9.18 Å². The molecule has 0 saturated carbocycles. The summed E-state index contributed by atoms with van der Waals surface area (Å²) in [6.45, 7) is 4.16. The second-order valence-electron chi connectivity index (χ2n) is 4.53. The van der Waals surface area contributed by atoms with Gasteiger partial charge in [-0.2, -0.15) is 0 Å². The first-order valence-corrected chi connectivity index (χ1v) is 6.54. The van der Waals surface area contributed by atoms with Crippen molar-refractivity contribution in [2.75, 3.05) is 6.54 Å². The Morgan fingerprint density at radius 3 is 2.50 bits per heavy atom. The molecule has 0 fully saturated rings. The van der Waals surface area contributed by atoms with Gasteiger partial charge in [0.05, 0.1) is 0 Å². The number of nitrogens with two attached hydrogens (primary N) is 1. The Labute approximate surface area is 112 Å². The van der Waals surface area contributed by atoms with Crippen LogP contribution in [-0.2, 0) is 11.2 Å². The van der Waals surface area contributed by atoms with Gasteiger partial charge in [0, 0.05) is 23.4 Å². The first-order chi connectivity index (χ1) is 8.49. The molecule has 0 aliphatic rings. The van der Waals surface area contributed by atoms with Crippen molar-refractivity contribution in [1.82, 2.24) is 0 Å². The summed E-state index contributed by atoms with van der Waals surface area (Å²) in [4.78, 5) is 12.3. The summed E-state index contributed by atoms with van der Waals surface area (Å²) < 4.78 is 13.6. The SMILES string of the molecule is CCC(CC)(CN)C(=O)Cc1cc(Cl)ccc1F. The van der Waals surface area contributed by atoms with Gasteiger partial charge in [-0.3, -0.25) is 4.79 Å². The lowest BCUT2D eigenvalue weighted by Gasteiger charge is -2.28. The van der Waals surface area contributed by atoms with Gasteiger partial charge in [-0.1, -0.05) is 25.4 Å². The van der Waals surface area contributed by atoms with Crippen molar-refractivity contribution in [2.45, 2.75) is 33.1 Å². The molecular formula is C14H19ClFNO. The molecule has 0 radical (unpaired) electrons. The van der Waals surface area contributed by atoms with Gasteiger partial charge in [0.25, 0.3) is 0 Å². The van der Waals surface area contributed by atoms with Crippen LogP contribution in [0.5, 0.6) is 0 Å². The monoisotopic (exact) mass is 271 g/mol. The molecule has 0 amide bonds. The molecule has 0 spiro atoms. The van der Waals surface area contributed by atoms with E-state index in [1.807, 2.05) is 13.8 Å². The van der Waals surface area contributed by atoms with Gasteiger partial charge in [0.2, 0.25) is 0 Å². The fourth-order valence-corrected chi connectivity index (χ4v) is 2.28. The Morgan fingerprint density at radius 1 is 1.39 bits per heavy atom. The highest BCUT2D eigenvalue weighted by atomic mass is 35.5. The molecule has 1 aromatic carbocycles. The maximum Gasteiger partial charge on any atom is 0.144 e. The van der Waals surface area contributed by atoms with Gasteiger partial charge in [-0.05, 0) is 36.6 Å². The van der Waals surface area contributed by atoms with Crippen molar-refractivity contribution in [1.29, 1.82) is 0 Å². The molecule has 1 aromatic rings. The molecule has 0 unspecified atom stereocenters. The highest BCUT2D eigenvalue weighted by Gasteiger charge is 2.33. The van der Waals surface area contributed by atoms with E-state index in [0.717, 1.165) is 0 Å². The fraction of sp³-hybridized carbons (Fsp3) is 0.500. The normalized spacial score (nSPS) is 11.6. The number of hydrogen-bond donors (Lipinski definition) is 1. The maximum atomic E-state index is 13.6. The lowest BCUT2D eigenvalue weighted by Crippen LogP contribution is -2.38. The third kappa shape index (κ3) is 3.09. The van der Waals surface area contributed by atoms with Crippen LogP contribution in [0.25, 0.3) is 0 Å². The second kappa shape index (κ2) is 6.30. The van der Waals surface area contributed by atoms with Crippen LogP contribution in [0.15, 0.2) is 18.2 Å². The van der Waals surface area contributed by atoms with Crippen molar-refractivity contribution in [3.63, 3.8) is 0 Å². The lowest BCUT2D eigenvalue weighted by molar-refractivity contribution is -0.128. The fourth-order valence-electron chi connectivity index (χ4n) is 2.09. The molecular weight excluding hydrogens is 253 g/mol. The molecule has 0 saturated heterocycles. The minimum absolute atomic E-state index is 0.0174. The number of hydrogen-bond acceptors (Lipinski definition) is 2. The second-order valence-corrected chi connectivity index (χ2v) is 4.96. The van der Waals surface area contributed by atoms with Crippen LogP contribution in [0.3, 0.4) is 0 Å². The third-order valence-electron chi connectivity index (χ3n) is 3.69. The maximum absolute atomic E-state index is 13.6. The van der Waals surface area contributed by atoms with Crippen LogP contribution >= 0.6 is 11.6 Å². The Balaban J connectivity index is 2.96. The zero-order chi connectivity index (χ0) is 13.8. The first-order valence-electron chi connectivity index (χ1n) is 6.16. The van der Waals surface area contributed by atoms with Gasteiger partial charge >= 0.3 is 0 Å². The number of halogens is 2. The summed E-state index contributed by atoms with van der Waals surface area (Å²) in [6, 6.07) is 4.26. The lowest BCUT2D eigenvalue weighted by atomic mass is 9.76. The van der Waals surface area contributed by atoms with E-state index in [1.165, 1.54) is 18.2 Å². The number of ketones is 1. The molecule has 1 rings (SSSR count). The average molecular weight is 272 g/mol. The molecule has 0 aliphatic carbocycles. The van der Waals surface area contributed by atoms with Crippen LogP contribution in [0, 0.1) is 11.2 Å². The average Bonchev–Trinajstić information content (AvgIpc) is 2.37. The van der Waals surface area contributed by atoms with Crippen molar-refractivity contribution >= 4 is 17.4 Å². The summed E-state index contributed by atoms with van der Waals surface area (Å²) in [5, 5.41) is 0.436. The summed E-state index contributed by atoms with van der Waals surface area (Å²) in [5.74, 6) is -0.415. The zero-order valence-electron chi connectivity index (χ0n) is 10.8. The number of benzene rings is 1. The standard InChI is InChI=1S/C14H19ClFNO/c1-3-14(4-2,9-17)13(18)8-10-7-11(15)5-6-12(10)16/h5-7H,3-4,8-9,17H2,1-2H3. The predicted molar refractivity (Wildman–Crippen MR) is 72.2 cm³/mol. The van der Waals surface area contributed by atoms with Crippen LogP contribution in [0.4, 0.5) is 4.39 Å². The van der Waals surface area contributed by atoms with Crippen LogP contribution in [0.1, 0.15) is 32.3 Å². The van der Waals surface area contributed by atoms with Crippen LogP contribution < -0.4 is 5.73 Å². The van der Waals surface area contributed by atoms with E-state index in [4.69, 9.17) is 17.3 Å². The number of carbonyl (C=O) groups excluding carboxylic acids is 1. The van der Waals surface area contributed by atoms with Crippen molar-refractivity contribution in [3.8, 4) is 0 Å². The molecule has 0 heterocycles. The smallest absolute Gasteiger partial charge is 0.144 e. The molecule has 0 bridgehead atoms. The van der Waals surface area contributed by atoms with E-state index < -0.39 is 11.2 Å². The minimum atomic E-state index is -0.547. The van der Waals surface area contributed by atoms with Crippen LogP contribution in [-0.4, -0.2) is 12.3 Å². The van der Waals surface area contributed by atoms with E-state index in [0.29, 0.717) is 30.0 Å². The number of carbonyl (C=O) groups is 1. The Kier molecular flexibility index (Phi) is 5.29. The van der Waals surface area contributed by atoms with E-state index in [9.17, 15) is 9.18 Å². The Bertz CT molecular complexity index is 422. The first kappa shape index (κ1) is 15.1. The minimum Gasteiger partial charge on any atom is -0.329 e. The summed E-state index contributed by atoms with van der Waals surface area (Å²) in [6.07, 6.45) is 1.38. The third-order valence-corrected chi connectivity index (χ3v) is 3.93. The topological polar surface area (TPSA) is 43.1 Å². The van der Waals surface area contributed by atoms with Crippen LogP contribution in [0.2, 0.25) is 5.02 Å². The molecule has 0 aromatic heterocycles. The van der Waals surface area contributed by atoms with E-state index in [1.54, 1.807) is 0 Å². The van der Waals surface area contributed by atoms with Crippen molar-refractivity contribution in [2.24, 2.45) is 11.1 Å². The van der Waals surface area contributed by atoms with Gasteiger partial charge < -0.3 is 5.73 Å². The number of Topliss-reactive ketones (excluding diaryl/α,β-unsaturated/α-hetero) is 1. The van der Waals surface area contributed by atoms with Crippen molar-refractivity contribution in [3.05, 3.63) is 34.6 Å². The van der Waals surface area contributed by atoms with Gasteiger partial charge in [0.15, 0.2) is 0 Å². The summed E-state index contributed by atoms with van der Waals surface area (Å²) in [7, 11) is 0. The largest absolute Gasteiger partial charge is 0.329 e.